The molecule has 3 aromatic carbocycles. The van der Waals surface area contributed by atoms with Gasteiger partial charge >= 0.3 is 0 Å². The van der Waals surface area contributed by atoms with E-state index in [4.69, 9.17) is 16.3 Å². The summed E-state index contributed by atoms with van der Waals surface area (Å²) in [6.07, 6.45) is 3.36. The van der Waals surface area contributed by atoms with E-state index < -0.39 is 0 Å². The molecule has 0 bridgehead atoms. The van der Waals surface area contributed by atoms with Crippen LogP contribution in [-0.4, -0.2) is 21.6 Å². The minimum atomic E-state index is -0.0514. The van der Waals surface area contributed by atoms with Gasteiger partial charge in [-0.1, -0.05) is 29.8 Å². The Hall–Kier alpha value is -3.47. The van der Waals surface area contributed by atoms with Gasteiger partial charge in [-0.15, -0.1) is 9.24 Å². The van der Waals surface area contributed by atoms with Crippen LogP contribution in [0.25, 0.3) is 27.5 Å². The van der Waals surface area contributed by atoms with Crippen LogP contribution in [-0.2, 0) is 6.54 Å². The summed E-state index contributed by atoms with van der Waals surface area (Å²) in [5, 5.41) is 6.22. The van der Waals surface area contributed by atoms with E-state index in [2.05, 4.69) is 24.5 Å². The van der Waals surface area contributed by atoms with Gasteiger partial charge < -0.3 is 14.6 Å². The lowest BCUT2D eigenvalue weighted by molar-refractivity contribution is 0.419. The van der Waals surface area contributed by atoms with E-state index in [0.717, 1.165) is 33.2 Å². The predicted octanol–water partition coefficient (Wildman–Crippen LogP) is 4.71. The molecule has 8 heteroatoms. The van der Waals surface area contributed by atoms with Gasteiger partial charge in [0.1, 0.15) is 17.9 Å². The highest BCUT2D eigenvalue weighted by atomic mass is 35.5. The van der Waals surface area contributed by atoms with Crippen molar-refractivity contribution < 1.29 is 4.74 Å². The van der Waals surface area contributed by atoms with Crippen molar-refractivity contribution in [2.24, 2.45) is 0 Å². The van der Waals surface area contributed by atoms with E-state index >= 15 is 0 Å². The van der Waals surface area contributed by atoms with Crippen molar-refractivity contribution in [3.05, 3.63) is 94.0 Å². The summed E-state index contributed by atoms with van der Waals surface area (Å²) in [5.74, 6) is 1.35. The lowest BCUT2D eigenvalue weighted by Gasteiger charge is -2.15. The van der Waals surface area contributed by atoms with Crippen LogP contribution < -0.4 is 20.8 Å². The molecule has 0 aliphatic heterocycles. The van der Waals surface area contributed by atoms with Crippen molar-refractivity contribution in [2.75, 3.05) is 12.4 Å². The molecule has 0 spiro atoms. The third-order valence-corrected chi connectivity index (χ3v) is 6.19. The fraction of sp³-hybridized carbons (Fsp3) is 0.0800. The molecule has 1 N–H and O–H groups in total. The molecule has 0 saturated heterocycles. The predicted molar refractivity (Wildman–Crippen MR) is 137 cm³/mol. The average molecular weight is 475 g/mol. The number of hydrogen-bond acceptors (Lipinski definition) is 5. The van der Waals surface area contributed by atoms with Crippen molar-refractivity contribution in [1.29, 1.82) is 0 Å². The Labute approximate surface area is 197 Å². The summed E-state index contributed by atoms with van der Waals surface area (Å²) in [4.78, 5) is 22.1. The Kier molecular flexibility index (Phi) is 5.71. The first-order valence-corrected chi connectivity index (χ1v) is 11.2. The Morgan fingerprint density at radius 2 is 1.88 bits per heavy atom. The number of halogens is 1. The zero-order valence-electron chi connectivity index (χ0n) is 17.7. The molecule has 2 aromatic heterocycles. The summed E-state index contributed by atoms with van der Waals surface area (Å²) in [6, 6.07) is 19.0. The zero-order valence-corrected chi connectivity index (χ0v) is 19.7. The first-order chi connectivity index (χ1) is 16.0. The first kappa shape index (κ1) is 21.4. The summed E-state index contributed by atoms with van der Waals surface area (Å²) < 4.78 is 7.43. The molecule has 164 valence electrons. The molecule has 0 amide bonds. The molecule has 0 aliphatic carbocycles. The summed E-state index contributed by atoms with van der Waals surface area (Å²) in [7, 11) is 4.27. The molecular formula is C25H20ClN4O2P. The number of anilines is 1. The number of rotatable bonds is 5. The summed E-state index contributed by atoms with van der Waals surface area (Å²) >= 11 is 6.25. The smallest absolute Gasteiger partial charge is 0.194 e. The normalized spacial score (nSPS) is 11.1. The zero-order chi connectivity index (χ0) is 22.9. The van der Waals surface area contributed by atoms with E-state index in [1.165, 1.54) is 6.33 Å². The molecule has 1 atom stereocenters. The molecule has 5 aromatic rings. The molecule has 0 aliphatic rings. The van der Waals surface area contributed by atoms with Crippen LogP contribution in [0.3, 0.4) is 0 Å². The third kappa shape index (κ3) is 4.04. The summed E-state index contributed by atoms with van der Waals surface area (Å²) in [6.45, 7) is 0.293. The molecule has 0 radical (unpaired) electrons. The molecule has 1 unspecified atom stereocenters. The van der Waals surface area contributed by atoms with Crippen LogP contribution in [0.1, 0.15) is 5.56 Å². The number of fused-ring (bicyclic) bond motifs is 2. The highest BCUT2D eigenvalue weighted by Gasteiger charge is 2.13. The van der Waals surface area contributed by atoms with E-state index in [1.807, 2.05) is 59.3 Å². The Balaban J connectivity index is 1.60. The quantitative estimate of drug-likeness (QED) is 0.374. The minimum Gasteiger partial charge on any atom is -0.496 e. The standard InChI is InChI=1S/C25H20ClN4O2P/c1-32-22-10-19-20(11-23(22)33)28-14-29-25(19)27-12-15-13-30(17-5-3-2-4-6-17)21-9-16(26)7-8-18(21)24(15)31/h2-11,13-14H,12,33H2,1H3,(H,27,28,29). The fourth-order valence-corrected chi connectivity index (χ4v) is 4.40. The number of aromatic nitrogens is 3. The topological polar surface area (TPSA) is 69.0 Å². The van der Waals surface area contributed by atoms with Gasteiger partial charge in [0.25, 0.3) is 0 Å². The number of pyridine rings is 1. The van der Waals surface area contributed by atoms with Gasteiger partial charge in [-0.3, -0.25) is 4.79 Å². The van der Waals surface area contributed by atoms with Crippen molar-refractivity contribution in [1.82, 2.24) is 14.5 Å². The van der Waals surface area contributed by atoms with E-state index in [9.17, 15) is 4.79 Å². The number of hydrogen-bond donors (Lipinski definition) is 1. The lowest BCUT2D eigenvalue weighted by atomic mass is 10.1. The second kappa shape index (κ2) is 8.81. The van der Waals surface area contributed by atoms with Crippen LogP contribution in [0.2, 0.25) is 5.02 Å². The highest BCUT2D eigenvalue weighted by molar-refractivity contribution is 7.27. The van der Waals surface area contributed by atoms with E-state index in [-0.39, 0.29) is 5.43 Å². The largest absolute Gasteiger partial charge is 0.496 e. The number of ether oxygens (including phenoxy) is 1. The van der Waals surface area contributed by atoms with Gasteiger partial charge in [0.15, 0.2) is 5.43 Å². The van der Waals surface area contributed by atoms with Crippen molar-refractivity contribution in [3.8, 4) is 11.4 Å². The van der Waals surface area contributed by atoms with Crippen molar-refractivity contribution >= 4 is 53.8 Å². The maximum atomic E-state index is 13.3. The van der Waals surface area contributed by atoms with Crippen molar-refractivity contribution in [2.45, 2.75) is 6.54 Å². The molecule has 2 heterocycles. The first-order valence-electron chi connectivity index (χ1n) is 10.3. The maximum absolute atomic E-state index is 13.3. The molecule has 5 rings (SSSR count). The molecule has 33 heavy (non-hydrogen) atoms. The molecule has 0 saturated carbocycles. The number of para-hydroxylation sites is 1. The summed E-state index contributed by atoms with van der Waals surface area (Å²) in [5.41, 5.74) is 3.04. The van der Waals surface area contributed by atoms with Crippen molar-refractivity contribution in [3.63, 3.8) is 0 Å². The maximum Gasteiger partial charge on any atom is 0.194 e. The highest BCUT2D eigenvalue weighted by Crippen LogP contribution is 2.25. The molecule has 0 fully saturated rings. The second-order valence-electron chi connectivity index (χ2n) is 7.54. The molecule has 6 nitrogen and oxygen atoms in total. The minimum absolute atomic E-state index is 0.0514. The van der Waals surface area contributed by atoms with Gasteiger partial charge in [-0.25, -0.2) is 9.97 Å². The third-order valence-electron chi connectivity index (χ3n) is 5.51. The van der Waals surface area contributed by atoms with Crippen LogP contribution in [0.4, 0.5) is 5.82 Å². The Morgan fingerprint density at radius 1 is 1.06 bits per heavy atom. The molecular weight excluding hydrogens is 455 g/mol. The van der Waals surface area contributed by atoms with Crippen LogP contribution in [0.5, 0.6) is 5.75 Å². The SMILES string of the molecule is COc1cc2c(NCc3cn(-c4ccccc4)c4cc(Cl)ccc4c3=O)ncnc2cc1P. The lowest BCUT2D eigenvalue weighted by Crippen LogP contribution is -2.17. The fourth-order valence-electron chi connectivity index (χ4n) is 3.88. The average Bonchev–Trinajstić information content (AvgIpc) is 2.83. The van der Waals surface area contributed by atoms with Gasteiger partial charge in [-0.2, -0.15) is 0 Å². The number of benzene rings is 3. The second-order valence-corrected chi connectivity index (χ2v) is 8.60. The Morgan fingerprint density at radius 3 is 2.67 bits per heavy atom. The van der Waals surface area contributed by atoms with Gasteiger partial charge in [0.2, 0.25) is 0 Å². The van der Waals surface area contributed by atoms with Gasteiger partial charge in [0, 0.05) is 45.1 Å². The van der Waals surface area contributed by atoms with Crippen LogP contribution in [0, 0.1) is 0 Å². The van der Waals surface area contributed by atoms with Gasteiger partial charge in [0.05, 0.1) is 18.1 Å². The number of methoxy groups -OCH3 is 1. The van der Waals surface area contributed by atoms with Crippen LogP contribution in [0.15, 0.2) is 78.0 Å². The van der Waals surface area contributed by atoms with E-state index in [1.54, 1.807) is 19.2 Å². The van der Waals surface area contributed by atoms with Gasteiger partial charge in [-0.05, 0) is 42.5 Å². The number of nitrogens with one attached hydrogen (secondary N) is 1. The number of nitrogens with zero attached hydrogens (tertiary/aromatic N) is 3. The van der Waals surface area contributed by atoms with Crippen LogP contribution >= 0.6 is 20.8 Å². The Bertz CT molecular complexity index is 1550. The monoisotopic (exact) mass is 474 g/mol. The van der Waals surface area contributed by atoms with E-state index in [0.29, 0.717) is 28.3 Å².